The van der Waals surface area contributed by atoms with Gasteiger partial charge in [-0.2, -0.15) is 0 Å². The van der Waals surface area contributed by atoms with E-state index in [2.05, 4.69) is 19.7 Å². The summed E-state index contributed by atoms with van der Waals surface area (Å²) in [6.45, 7) is 18.8. The molecule has 0 atom stereocenters. The highest BCUT2D eigenvalue weighted by molar-refractivity contribution is 6.10. The number of esters is 1. The van der Waals surface area contributed by atoms with E-state index in [1.165, 1.54) is 12.2 Å². The fourth-order valence-corrected chi connectivity index (χ4v) is 1.59. The lowest BCUT2D eigenvalue weighted by molar-refractivity contribution is -0.138. The molecule has 0 unspecified atom stereocenters. The molecule has 0 aliphatic carbocycles. The number of carbonyl (C=O) groups is 2. The molecule has 0 saturated carbocycles. The first-order valence-electron chi connectivity index (χ1n) is 8.64. The van der Waals surface area contributed by atoms with E-state index < -0.39 is 5.97 Å². The molecule has 1 aromatic rings. The number of allylic oxidation sites excluding steroid dienone is 4. The molecule has 0 radical (unpaired) electrons. The zero-order valence-electron chi connectivity index (χ0n) is 16.3. The van der Waals surface area contributed by atoms with Gasteiger partial charge in [0.1, 0.15) is 19.0 Å². The van der Waals surface area contributed by atoms with Gasteiger partial charge in [0.2, 0.25) is 0 Å². The number of Topliss-reactive ketones (excluding diaryl/α,β-unsaturated/α-hetero) is 1. The fourth-order valence-electron chi connectivity index (χ4n) is 1.59. The Kier molecular flexibility index (Phi) is 16.5. The molecule has 0 N–H and O–H groups in total. The van der Waals surface area contributed by atoms with Gasteiger partial charge in [0.15, 0.2) is 5.78 Å². The zero-order chi connectivity index (χ0) is 20.4. The predicted molar refractivity (Wildman–Crippen MR) is 109 cm³/mol. The first-order valence-corrected chi connectivity index (χ1v) is 8.64. The van der Waals surface area contributed by atoms with Crippen LogP contribution in [0, 0.1) is 0 Å². The Morgan fingerprint density at radius 3 is 1.96 bits per heavy atom. The van der Waals surface area contributed by atoms with Crippen LogP contribution in [0.1, 0.15) is 38.1 Å². The molecule has 4 nitrogen and oxygen atoms in total. The normalized spacial score (nSPS) is 9.31. The first kappa shape index (κ1) is 25.4. The molecule has 0 amide bonds. The first-order chi connectivity index (χ1) is 12.6. The standard InChI is InChI=1S/C18H18O4.2C2H6/c1-4-7-14(5-2)18(20)15-8-10-16(11-9-15)21-12-13-22-17(19)6-3;2*1-2/h4-11H,1-3,12-13H2;2*1-2H3/b14-7+;;. The fraction of sp³-hybridized carbons (Fsp3) is 0.273. The highest BCUT2D eigenvalue weighted by Crippen LogP contribution is 2.15. The molecule has 0 heterocycles. The predicted octanol–water partition coefficient (Wildman–Crippen LogP) is 5.33. The Bertz CT molecular complexity index is 595. The van der Waals surface area contributed by atoms with Crippen molar-refractivity contribution in [2.75, 3.05) is 13.2 Å². The Hall–Kier alpha value is -2.88. The van der Waals surface area contributed by atoms with Crippen LogP contribution in [0.4, 0.5) is 0 Å². The summed E-state index contributed by atoms with van der Waals surface area (Å²) in [5.41, 5.74) is 0.999. The molecule has 0 saturated heterocycles. The van der Waals surface area contributed by atoms with Crippen LogP contribution in [-0.2, 0) is 9.53 Å². The van der Waals surface area contributed by atoms with Crippen molar-refractivity contribution in [3.05, 3.63) is 79.4 Å². The van der Waals surface area contributed by atoms with Crippen LogP contribution in [-0.4, -0.2) is 25.0 Å². The van der Waals surface area contributed by atoms with E-state index in [0.29, 0.717) is 16.9 Å². The van der Waals surface area contributed by atoms with E-state index in [-0.39, 0.29) is 19.0 Å². The molecule has 0 fully saturated rings. The summed E-state index contributed by atoms with van der Waals surface area (Å²) in [6, 6.07) is 6.68. The number of carbonyl (C=O) groups excluding carboxylic acids is 2. The number of ketones is 1. The number of ether oxygens (including phenoxy) is 2. The van der Waals surface area contributed by atoms with Gasteiger partial charge in [-0.15, -0.1) is 0 Å². The number of hydrogen-bond donors (Lipinski definition) is 0. The maximum absolute atomic E-state index is 12.2. The lowest BCUT2D eigenvalue weighted by atomic mass is 10.0. The largest absolute Gasteiger partial charge is 0.490 e. The molecular formula is C22H30O4. The minimum atomic E-state index is -0.490. The minimum absolute atomic E-state index is 0.133. The van der Waals surface area contributed by atoms with Crippen molar-refractivity contribution in [3.63, 3.8) is 0 Å². The summed E-state index contributed by atoms with van der Waals surface area (Å²) in [5.74, 6) is -0.0454. The van der Waals surface area contributed by atoms with Crippen LogP contribution in [0.2, 0.25) is 0 Å². The third-order valence-electron chi connectivity index (χ3n) is 2.66. The highest BCUT2D eigenvalue weighted by Gasteiger charge is 2.08. The molecule has 1 rings (SSSR count). The van der Waals surface area contributed by atoms with Crippen LogP contribution in [0.25, 0.3) is 0 Å². The van der Waals surface area contributed by atoms with Crippen molar-refractivity contribution in [2.24, 2.45) is 0 Å². The second-order valence-corrected chi connectivity index (χ2v) is 4.14. The summed E-state index contributed by atoms with van der Waals surface area (Å²) in [6.07, 6.45) is 5.72. The van der Waals surface area contributed by atoms with Crippen molar-refractivity contribution in [3.8, 4) is 5.75 Å². The van der Waals surface area contributed by atoms with Crippen molar-refractivity contribution in [2.45, 2.75) is 27.7 Å². The van der Waals surface area contributed by atoms with Gasteiger partial charge in [-0.3, -0.25) is 4.79 Å². The topological polar surface area (TPSA) is 52.6 Å². The third-order valence-corrected chi connectivity index (χ3v) is 2.66. The van der Waals surface area contributed by atoms with E-state index in [1.807, 2.05) is 27.7 Å². The quantitative estimate of drug-likeness (QED) is 0.197. The molecule has 0 aliphatic rings. The molecule has 142 valence electrons. The molecule has 0 aliphatic heterocycles. The summed E-state index contributed by atoms with van der Waals surface area (Å²) < 4.78 is 10.2. The maximum Gasteiger partial charge on any atom is 0.330 e. The van der Waals surface area contributed by atoms with Gasteiger partial charge < -0.3 is 9.47 Å². The Labute approximate surface area is 157 Å². The molecule has 1 aromatic carbocycles. The average Bonchev–Trinajstić information content (AvgIpc) is 2.72. The molecule has 26 heavy (non-hydrogen) atoms. The molecule has 0 aromatic heterocycles. The van der Waals surface area contributed by atoms with Gasteiger partial charge in [-0.05, 0) is 24.3 Å². The molecule has 4 heteroatoms. The monoisotopic (exact) mass is 358 g/mol. The van der Waals surface area contributed by atoms with Gasteiger partial charge in [0.25, 0.3) is 0 Å². The van der Waals surface area contributed by atoms with E-state index >= 15 is 0 Å². The van der Waals surface area contributed by atoms with Crippen molar-refractivity contribution in [1.82, 2.24) is 0 Å². The molecule has 0 spiro atoms. The van der Waals surface area contributed by atoms with Crippen LogP contribution in [0.5, 0.6) is 5.75 Å². The number of benzene rings is 1. The maximum atomic E-state index is 12.2. The van der Waals surface area contributed by atoms with Crippen LogP contribution < -0.4 is 4.74 Å². The Balaban J connectivity index is 0. The van der Waals surface area contributed by atoms with E-state index in [1.54, 1.807) is 30.3 Å². The zero-order valence-corrected chi connectivity index (χ0v) is 16.3. The van der Waals surface area contributed by atoms with Crippen LogP contribution in [0.3, 0.4) is 0 Å². The molecule has 0 bridgehead atoms. The van der Waals surface area contributed by atoms with Crippen molar-refractivity contribution in [1.29, 1.82) is 0 Å². The number of rotatable bonds is 9. The van der Waals surface area contributed by atoms with Crippen molar-refractivity contribution < 1.29 is 19.1 Å². The van der Waals surface area contributed by atoms with E-state index in [0.717, 1.165) is 6.08 Å². The van der Waals surface area contributed by atoms with E-state index in [4.69, 9.17) is 9.47 Å². The van der Waals surface area contributed by atoms with Gasteiger partial charge >= 0.3 is 5.97 Å². The highest BCUT2D eigenvalue weighted by atomic mass is 16.6. The Morgan fingerprint density at radius 1 is 0.923 bits per heavy atom. The summed E-state index contributed by atoms with van der Waals surface area (Å²) >= 11 is 0. The summed E-state index contributed by atoms with van der Waals surface area (Å²) in [4.78, 5) is 23.0. The Morgan fingerprint density at radius 2 is 1.50 bits per heavy atom. The minimum Gasteiger partial charge on any atom is -0.490 e. The lowest BCUT2D eigenvalue weighted by Gasteiger charge is -2.07. The van der Waals surface area contributed by atoms with Gasteiger partial charge in [0, 0.05) is 17.2 Å². The summed E-state index contributed by atoms with van der Waals surface area (Å²) in [5, 5.41) is 0. The summed E-state index contributed by atoms with van der Waals surface area (Å²) in [7, 11) is 0. The van der Waals surface area contributed by atoms with Gasteiger partial charge in [0.05, 0.1) is 0 Å². The third kappa shape index (κ3) is 10.1. The van der Waals surface area contributed by atoms with Crippen LogP contribution in [0.15, 0.2) is 73.9 Å². The lowest BCUT2D eigenvalue weighted by Crippen LogP contribution is -2.10. The van der Waals surface area contributed by atoms with Crippen LogP contribution >= 0.6 is 0 Å². The molecular weight excluding hydrogens is 328 g/mol. The smallest absolute Gasteiger partial charge is 0.330 e. The number of hydrogen-bond acceptors (Lipinski definition) is 4. The second-order valence-electron chi connectivity index (χ2n) is 4.14. The van der Waals surface area contributed by atoms with Gasteiger partial charge in [-0.1, -0.05) is 65.7 Å². The van der Waals surface area contributed by atoms with Crippen molar-refractivity contribution >= 4 is 11.8 Å². The average molecular weight is 358 g/mol. The second kappa shape index (κ2) is 17.0. The SMILES string of the molecule is C=C/C=C(\C=C)C(=O)c1ccc(OCCOC(=O)C=C)cc1.CC.CC. The van der Waals surface area contributed by atoms with Gasteiger partial charge in [-0.25, -0.2) is 4.79 Å². The van der Waals surface area contributed by atoms with E-state index in [9.17, 15) is 9.59 Å².